The van der Waals surface area contributed by atoms with Crippen molar-refractivity contribution in [2.45, 2.75) is 38.1 Å². The van der Waals surface area contributed by atoms with Gasteiger partial charge in [0.25, 0.3) is 5.56 Å². The first kappa shape index (κ1) is 22.5. The minimum Gasteiger partial charge on any atom is -0.351 e. The van der Waals surface area contributed by atoms with E-state index in [1.165, 1.54) is 18.2 Å². The number of sulfonamides is 1. The van der Waals surface area contributed by atoms with E-state index in [2.05, 4.69) is 10.0 Å². The van der Waals surface area contributed by atoms with Crippen molar-refractivity contribution in [3.8, 4) is 0 Å². The number of anilines is 4. The summed E-state index contributed by atoms with van der Waals surface area (Å²) >= 11 is 0. The third-order valence-electron chi connectivity index (χ3n) is 6.24. The molecule has 2 aromatic carbocycles. The van der Waals surface area contributed by atoms with Gasteiger partial charge in [-0.3, -0.25) is 14.1 Å². The van der Waals surface area contributed by atoms with Crippen molar-refractivity contribution in [2.24, 2.45) is 0 Å². The maximum Gasteiger partial charge on any atom is 0.257 e. The van der Waals surface area contributed by atoms with Crippen LogP contribution in [0.5, 0.6) is 0 Å². The van der Waals surface area contributed by atoms with Crippen molar-refractivity contribution in [1.82, 2.24) is 4.57 Å². The van der Waals surface area contributed by atoms with Gasteiger partial charge < -0.3 is 10.2 Å². The first-order valence-electron chi connectivity index (χ1n) is 11.1. The maximum absolute atomic E-state index is 14.6. The van der Waals surface area contributed by atoms with Crippen LogP contribution < -0.4 is 26.0 Å². The Labute approximate surface area is 199 Å². The van der Waals surface area contributed by atoms with Crippen molar-refractivity contribution >= 4 is 46.2 Å². The lowest BCUT2D eigenvalue weighted by Gasteiger charge is -2.25. The monoisotopic (exact) mass is 478 g/mol. The maximum atomic E-state index is 14.6. The van der Waals surface area contributed by atoms with Crippen molar-refractivity contribution in [3.63, 3.8) is 0 Å². The molecule has 0 bridgehead atoms. The third kappa shape index (κ3) is 4.18. The van der Waals surface area contributed by atoms with Crippen LogP contribution in [0.3, 0.4) is 0 Å². The van der Waals surface area contributed by atoms with E-state index in [-0.39, 0.29) is 28.1 Å². The van der Waals surface area contributed by atoms with Crippen LogP contribution in [0.2, 0.25) is 0 Å². The van der Waals surface area contributed by atoms with Crippen LogP contribution in [0.15, 0.2) is 53.3 Å². The smallest absolute Gasteiger partial charge is 0.257 e. The van der Waals surface area contributed by atoms with Gasteiger partial charge in [0.2, 0.25) is 10.0 Å². The Bertz CT molecular complexity index is 1420. The topological polar surface area (TPSA) is 83.4 Å². The van der Waals surface area contributed by atoms with Crippen LogP contribution in [0.4, 0.5) is 27.3 Å². The Morgan fingerprint density at radius 1 is 1.09 bits per heavy atom. The number of benzene rings is 2. The molecular formula is C24H24BFN4O3S. The number of nitrogens with zero attached hydrogens (tertiary/aromatic N) is 2. The summed E-state index contributed by atoms with van der Waals surface area (Å²) in [5.41, 5.74) is 1.93. The number of fused-ring (bicyclic) bond motifs is 1. The molecule has 5 rings (SSSR count). The van der Waals surface area contributed by atoms with Crippen LogP contribution in [0, 0.1) is 12.7 Å². The molecule has 3 aromatic rings. The quantitative estimate of drug-likeness (QED) is 0.511. The van der Waals surface area contributed by atoms with Gasteiger partial charge in [-0.15, -0.1) is 0 Å². The summed E-state index contributed by atoms with van der Waals surface area (Å²) in [4.78, 5) is 15.3. The number of hydrogen-bond donors (Lipinski definition) is 2. The Balaban J connectivity index is 1.66. The molecule has 0 atom stereocenters. The van der Waals surface area contributed by atoms with E-state index in [4.69, 9.17) is 7.85 Å². The molecule has 0 amide bonds. The molecule has 1 saturated carbocycles. The number of aromatic nitrogens is 1. The van der Waals surface area contributed by atoms with Gasteiger partial charge in [-0.05, 0) is 37.5 Å². The molecule has 2 aliphatic rings. The minimum atomic E-state index is -3.67. The summed E-state index contributed by atoms with van der Waals surface area (Å²) in [5, 5.41) is 2.51. The third-order valence-corrected chi connectivity index (χ3v) is 8.08. The van der Waals surface area contributed by atoms with E-state index in [9.17, 15) is 17.6 Å². The molecule has 2 N–H and O–H groups in total. The van der Waals surface area contributed by atoms with Gasteiger partial charge in [-0.25, -0.2) is 12.8 Å². The molecule has 2 radical (unpaired) electrons. The van der Waals surface area contributed by atoms with Crippen LogP contribution in [-0.2, 0) is 23.1 Å². The number of pyridine rings is 1. The molecule has 1 aliphatic carbocycles. The fourth-order valence-corrected chi connectivity index (χ4v) is 5.69. The van der Waals surface area contributed by atoms with Crippen molar-refractivity contribution in [1.29, 1.82) is 0 Å². The van der Waals surface area contributed by atoms with Gasteiger partial charge in [-0.1, -0.05) is 41.9 Å². The first-order chi connectivity index (χ1) is 16.2. The minimum absolute atomic E-state index is 0.0983. The fourth-order valence-electron chi connectivity index (χ4n) is 4.28. The van der Waals surface area contributed by atoms with Gasteiger partial charge in [0.05, 0.1) is 16.6 Å². The van der Waals surface area contributed by atoms with E-state index in [0.717, 1.165) is 5.56 Å². The Kier molecular flexibility index (Phi) is 5.63. The van der Waals surface area contributed by atoms with Crippen LogP contribution >= 0.6 is 0 Å². The van der Waals surface area contributed by atoms with E-state index in [1.54, 1.807) is 11.5 Å². The summed E-state index contributed by atoms with van der Waals surface area (Å²) in [7, 11) is 2.01. The molecule has 7 nitrogen and oxygen atoms in total. The highest BCUT2D eigenvalue weighted by atomic mass is 32.2. The van der Waals surface area contributed by atoms with Gasteiger partial charge >= 0.3 is 0 Å². The summed E-state index contributed by atoms with van der Waals surface area (Å²) in [6, 6.07) is 13.9. The number of nitrogens with one attached hydrogen (secondary N) is 2. The average molecular weight is 478 g/mol. The Morgan fingerprint density at radius 3 is 2.50 bits per heavy atom. The van der Waals surface area contributed by atoms with Gasteiger partial charge in [0.15, 0.2) is 0 Å². The van der Waals surface area contributed by atoms with Crippen molar-refractivity contribution in [3.05, 3.63) is 75.8 Å². The second kappa shape index (κ2) is 8.50. The standard InChI is InChI=1S/C24H24BFN4O3S/c1-15-21(27-20-10-7-17(25)13-19(20)26)22(28-34(32,33)18-8-9-18)23-29(11-12-30(23)24(15)31)14-16-5-3-2-4-6-16/h2-7,10,13,18,27-28H,8-9,11-12,14H2,1H3. The zero-order valence-electron chi connectivity index (χ0n) is 18.7. The lowest BCUT2D eigenvalue weighted by molar-refractivity contribution is 0.600. The van der Waals surface area contributed by atoms with Crippen LogP contribution in [-0.4, -0.2) is 32.6 Å². The lowest BCUT2D eigenvalue weighted by Crippen LogP contribution is -2.28. The van der Waals surface area contributed by atoms with E-state index < -0.39 is 21.1 Å². The fraction of sp³-hybridized carbons (Fsp3) is 0.292. The normalized spacial score (nSPS) is 15.3. The predicted octanol–water partition coefficient (Wildman–Crippen LogP) is 2.76. The summed E-state index contributed by atoms with van der Waals surface area (Å²) in [6.45, 7) is 3.08. The number of rotatable bonds is 7. The van der Waals surface area contributed by atoms with Crippen molar-refractivity contribution in [2.75, 3.05) is 21.5 Å². The molecular weight excluding hydrogens is 454 g/mol. The average Bonchev–Trinajstić information content (AvgIpc) is 3.59. The Morgan fingerprint density at radius 2 is 1.82 bits per heavy atom. The highest BCUT2D eigenvalue weighted by Crippen LogP contribution is 2.41. The lowest BCUT2D eigenvalue weighted by atomic mass is 9.96. The zero-order valence-corrected chi connectivity index (χ0v) is 19.5. The first-order valence-corrected chi connectivity index (χ1v) is 12.7. The van der Waals surface area contributed by atoms with Crippen LogP contribution in [0.1, 0.15) is 24.0 Å². The molecule has 1 aromatic heterocycles. The molecule has 1 fully saturated rings. The highest BCUT2D eigenvalue weighted by molar-refractivity contribution is 7.93. The van der Waals surface area contributed by atoms with E-state index in [1.807, 2.05) is 35.2 Å². The Hall–Kier alpha value is -3.27. The van der Waals surface area contributed by atoms with E-state index in [0.29, 0.717) is 43.9 Å². The van der Waals surface area contributed by atoms with Crippen LogP contribution in [0.25, 0.3) is 0 Å². The summed E-state index contributed by atoms with van der Waals surface area (Å²) in [6.07, 6.45) is 1.18. The molecule has 34 heavy (non-hydrogen) atoms. The second-order valence-electron chi connectivity index (χ2n) is 8.77. The van der Waals surface area contributed by atoms with Gasteiger partial charge in [-0.2, -0.15) is 0 Å². The SMILES string of the molecule is [B]c1ccc(Nc2c(NS(=O)(=O)C3CC3)c3n(c(=O)c2C)CCN3Cc2ccccc2)c(F)c1. The van der Waals surface area contributed by atoms with Gasteiger partial charge in [0.1, 0.15) is 25.2 Å². The second-order valence-corrected chi connectivity index (χ2v) is 10.7. The number of halogens is 1. The highest BCUT2D eigenvalue weighted by Gasteiger charge is 2.38. The van der Waals surface area contributed by atoms with E-state index >= 15 is 0 Å². The largest absolute Gasteiger partial charge is 0.351 e. The molecule has 174 valence electrons. The molecule has 1 aliphatic heterocycles. The predicted molar refractivity (Wildman–Crippen MR) is 134 cm³/mol. The molecule has 10 heteroatoms. The molecule has 2 heterocycles. The summed E-state index contributed by atoms with van der Waals surface area (Å²) in [5.74, 6) is -0.126. The van der Waals surface area contributed by atoms with Crippen molar-refractivity contribution < 1.29 is 12.8 Å². The zero-order chi connectivity index (χ0) is 24.0. The van der Waals surface area contributed by atoms with Gasteiger partial charge in [0, 0.05) is 25.2 Å². The molecule has 0 unspecified atom stereocenters. The molecule has 0 spiro atoms. The summed E-state index contributed by atoms with van der Waals surface area (Å²) < 4.78 is 45.0. The molecule has 0 saturated heterocycles. The number of hydrogen-bond acceptors (Lipinski definition) is 5.